The standard InChI is InChI=1S/C20H25NO5/c1-3-5-12-18(22)21-17(15-10-7-6-8-11-15)14-26-20(25)16(9-4-2)13-19(23)24/h3-4,6-8,10-11,16-17H,1-2,5,9,12-14H2,(H,21,22)(H,23,24)/t16-,17+/m0/s1. The quantitative estimate of drug-likeness (QED) is 0.442. The van der Waals surface area contributed by atoms with E-state index in [1.165, 1.54) is 6.08 Å². The van der Waals surface area contributed by atoms with Crippen LogP contribution in [0.2, 0.25) is 0 Å². The number of benzene rings is 1. The molecule has 0 unspecified atom stereocenters. The number of hydrogen-bond donors (Lipinski definition) is 2. The van der Waals surface area contributed by atoms with Gasteiger partial charge in [-0.2, -0.15) is 0 Å². The van der Waals surface area contributed by atoms with Crippen LogP contribution in [0.5, 0.6) is 0 Å². The van der Waals surface area contributed by atoms with Crippen LogP contribution in [-0.4, -0.2) is 29.6 Å². The van der Waals surface area contributed by atoms with Gasteiger partial charge in [0.15, 0.2) is 0 Å². The SMILES string of the molecule is C=CCCC(=O)N[C@H](COC(=O)[C@@H](CC=C)CC(=O)O)c1ccccc1. The van der Waals surface area contributed by atoms with Crippen molar-refractivity contribution < 1.29 is 24.2 Å². The van der Waals surface area contributed by atoms with Crippen molar-refractivity contribution in [1.29, 1.82) is 0 Å². The molecule has 1 aromatic carbocycles. The number of amides is 1. The van der Waals surface area contributed by atoms with Crippen molar-refractivity contribution in [2.24, 2.45) is 5.92 Å². The van der Waals surface area contributed by atoms with Crippen LogP contribution in [0.1, 0.15) is 37.3 Å². The zero-order valence-electron chi connectivity index (χ0n) is 14.7. The van der Waals surface area contributed by atoms with Crippen LogP contribution in [0.15, 0.2) is 55.6 Å². The summed E-state index contributed by atoms with van der Waals surface area (Å²) in [5, 5.41) is 11.7. The van der Waals surface area contributed by atoms with E-state index >= 15 is 0 Å². The van der Waals surface area contributed by atoms with Crippen LogP contribution >= 0.6 is 0 Å². The molecule has 2 N–H and O–H groups in total. The van der Waals surface area contributed by atoms with Gasteiger partial charge >= 0.3 is 11.9 Å². The molecule has 0 radical (unpaired) electrons. The molecule has 1 aromatic rings. The first-order valence-corrected chi connectivity index (χ1v) is 8.42. The molecule has 1 rings (SSSR count). The van der Waals surface area contributed by atoms with Crippen LogP contribution in [0.3, 0.4) is 0 Å². The van der Waals surface area contributed by atoms with E-state index in [1.54, 1.807) is 6.08 Å². The van der Waals surface area contributed by atoms with Gasteiger partial charge in [-0.05, 0) is 18.4 Å². The zero-order chi connectivity index (χ0) is 19.4. The molecule has 0 bridgehead atoms. The Morgan fingerprint density at radius 3 is 2.42 bits per heavy atom. The Kier molecular flexibility index (Phi) is 9.46. The van der Waals surface area contributed by atoms with Gasteiger partial charge in [0.1, 0.15) is 6.61 Å². The first-order valence-electron chi connectivity index (χ1n) is 8.42. The molecule has 0 fully saturated rings. The molecular weight excluding hydrogens is 334 g/mol. The van der Waals surface area contributed by atoms with Gasteiger partial charge in [-0.1, -0.05) is 42.5 Å². The maximum absolute atomic E-state index is 12.2. The summed E-state index contributed by atoms with van der Waals surface area (Å²) in [6.45, 7) is 7.05. The van der Waals surface area contributed by atoms with E-state index < -0.39 is 23.9 Å². The Morgan fingerprint density at radius 1 is 1.15 bits per heavy atom. The number of carboxylic acids is 1. The van der Waals surface area contributed by atoms with Crippen molar-refractivity contribution in [3.8, 4) is 0 Å². The molecule has 0 saturated heterocycles. The molecule has 6 heteroatoms. The number of carbonyl (C=O) groups excluding carboxylic acids is 2. The normalized spacial score (nSPS) is 12.5. The van der Waals surface area contributed by atoms with Crippen LogP contribution in [0.25, 0.3) is 0 Å². The summed E-state index contributed by atoms with van der Waals surface area (Å²) in [5.41, 5.74) is 0.797. The second kappa shape index (κ2) is 11.6. The fraction of sp³-hybridized carbons (Fsp3) is 0.350. The van der Waals surface area contributed by atoms with E-state index in [2.05, 4.69) is 18.5 Å². The molecule has 0 aliphatic heterocycles. The lowest BCUT2D eigenvalue weighted by atomic mass is 10.0. The number of nitrogens with one attached hydrogen (secondary N) is 1. The van der Waals surface area contributed by atoms with Crippen LogP contribution in [0.4, 0.5) is 0 Å². The van der Waals surface area contributed by atoms with Gasteiger partial charge in [0.25, 0.3) is 0 Å². The summed E-state index contributed by atoms with van der Waals surface area (Å²) in [5.74, 6) is -2.67. The number of carboxylic acid groups (broad SMARTS) is 1. The fourth-order valence-corrected chi connectivity index (χ4v) is 2.36. The lowest BCUT2D eigenvalue weighted by Crippen LogP contribution is -2.33. The Hall–Kier alpha value is -2.89. The maximum atomic E-state index is 12.2. The van der Waals surface area contributed by atoms with Gasteiger partial charge < -0.3 is 15.2 Å². The maximum Gasteiger partial charge on any atom is 0.309 e. The Morgan fingerprint density at radius 2 is 1.85 bits per heavy atom. The minimum absolute atomic E-state index is 0.0735. The van der Waals surface area contributed by atoms with E-state index in [4.69, 9.17) is 9.84 Å². The zero-order valence-corrected chi connectivity index (χ0v) is 14.7. The first-order chi connectivity index (χ1) is 12.5. The van der Waals surface area contributed by atoms with E-state index in [-0.39, 0.29) is 25.4 Å². The van der Waals surface area contributed by atoms with Crippen LogP contribution in [0, 0.1) is 5.92 Å². The average molecular weight is 359 g/mol. The summed E-state index contributed by atoms with van der Waals surface area (Å²) in [6, 6.07) is 8.64. The van der Waals surface area contributed by atoms with Crippen molar-refractivity contribution in [3.05, 3.63) is 61.2 Å². The molecular formula is C20H25NO5. The minimum Gasteiger partial charge on any atom is -0.481 e. The smallest absolute Gasteiger partial charge is 0.309 e. The topological polar surface area (TPSA) is 92.7 Å². The summed E-state index contributed by atoms with van der Waals surface area (Å²) in [6.07, 6.45) is 3.87. The van der Waals surface area contributed by atoms with Crippen molar-refractivity contribution in [3.63, 3.8) is 0 Å². The van der Waals surface area contributed by atoms with Crippen molar-refractivity contribution in [2.75, 3.05) is 6.61 Å². The lowest BCUT2D eigenvalue weighted by Gasteiger charge is -2.21. The molecule has 0 aliphatic carbocycles. The van der Waals surface area contributed by atoms with Gasteiger partial charge in [0.2, 0.25) is 5.91 Å². The number of rotatable bonds is 12. The first kappa shape index (κ1) is 21.2. The van der Waals surface area contributed by atoms with Crippen LogP contribution < -0.4 is 5.32 Å². The van der Waals surface area contributed by atoms with Gasteiger partial charge in [-0.25, -0.2) is 0 Å². The van der Waals surface area contributed by atoms with Gasteiger partial charge in [-0.3, -0.25) is 14.4 Å². The van der Waals surface area contributed by atoms with Crippen molar-refractivity contribution >= 4 is 17.8 Å². The third-order valence-electron chi connectivity index (χ3n) is 3.71. The Balaban J connectivity index is 2.76. The minimum atomic E-state index is -1.08. The van der Waals surface area contributed by atoms with Gasteiger partial charge in [0.05, 0.1) is 18.4 Å². The van der Waals surface area contributed by atoms with Gasteiger partial charge in [-0.15, -0.1) is 13.2 Å². The number of hydrogen-bond acceptors (Lipinski definition) is 4. The highest BCUT2D eigenvalue weighted by Gasteiger charge is 2.24. The number of allylic oxidation sites excluding steroid dienone is 2. The third kappa shape index (κ3) is 7.79. The summed E-state index contributed by atoms with van der Waals surface area (Å²) >= 11 is 0. The molecule has 26 heavy (non-hydrogen) atoms. The van der Waals surface area contributed by atoms with E-state index in [0.29, 0.717) is 12.8 Å². The molecule has 140 valence electrons. The Labute approximate surface area is 153 Å². The lowest BCUT2D eigenvalue weighted by molar-refractivity contribution is -0.153. The van der Waals surface area contributed by atoms with E-state index in [0.717, 1.165) is 5.56 Å². The van der Waals surface area contributed by atoms with E-state index in [1.807, 2.05) is 30.3 Å². The average Bonchev–Trinajstić information content (AvgIpc) is 2.63. The summed E-state index contributed by atoms with van der Waals surface area (Å²) in [4.78, 5) is 35.1. The van der Waals surface area contributed by atoms with E-state index in [9.17, 15) is 14.4 Å². The molecule has 1 amide bonds. The largest absolute Gasteiger partial charge is 0.481 e. The van der Waals surface area contributed by atoms with Crippen LogP contribution in [-0.2, 0) is 19.1 Å². The molecule has 0 aliphatic rings. The second-order valence-electron chi connectivity index (χ2n) is 5.81. The molecule has 2 atom stereocenters. The highest BCUT2D eigenvalue weighted by molar-refractivity contribution is 5.79. The van der Waals surface area contributed by atoms with Gasteiger partial charge in [0, 0.05) is 6.42 Å². The summed E-state index contributed by atoms with van der Waals surface area (Å²) in [7, 11) is 0. The third-order valence-corrected chi connectivity index (χ3v) is 3.71. The highest BCUT2D eigenvalue weighted by Crippen LogP contribution is 2.17. The second-order valence-corrected chi connectivity index (χ2v) is 5.81. The number of ether oxygens (including phenoxy) is 1. The fourth-order valence-electron chi connectivity index (χ4n) is 2.36. The number of carbonyl (C=O) groups is 3. The number of esters is 1. The monoisotopic (exact) mass is 359 g/mol. The highest BCUT2D eigenvalue weighted by atomic mass is 16.5. The van der Waals surface area contributed by atoms with Crippen molar-refractivity contribution in [2.45, 2.75) is 31.7 Å². The molecule has 0 aromatic heterocycles. The summed E-state index contributed by atoms with van der Waals surface area (Å²) < 4.78 is 5.29. The molecule has 0 saturated carbocycles. The Bertz CT molecular complexity index is 626. The molecule has 6 nitrogen and oxygen atoms in total. The molecule has 0 spiro atoms. The predicted octanol–water partition coefficient (Wildman–Crippen LogP) is 3.02. The molecule has 0 heterocycles. The number of aliphatic carboxylic acids is 1. The predicted molar refractivity (Wildman–Crippen MR) is 98.3 cm³/mol. The van der Waals surface area contributed by atoms with Crippen molar-refractivity contribution in [1.82, 2.24) is 5.32 Å².